The number of benzene rings is 1. The molecule has 1 amide bonds. The van der Waals surface area contributed by atoms with Gasteiger partial charge in [0.05, 0.1) is 5.75 Å². The number of hydrogen-bond donors (Lipinski definition) is 2. The molecule has 0 saturated carbocycles. The van der Waals surface area contributed by atoms with Crippen LogP contribution in [0.25, 0.3) is 0 Å². The van der Waals surface area contributed by atoms with Crippen LogP contribution < -0.4 is 11.5 Å². The molecule has 1 aliphatic rings. The molecular formula is C15H17N5OS. The monoisotopic (exact) mass is 315 g/mol. The van der Waals surface area contributed by atoms with Gasteiger partial charge in [0.2, 0.25) is 5.91 Å². The average Bonchev–Trinajstić information content (AvgIpc) is 2.51. The lowest BCUT2D eigenvalue weighted by Gasteiger charge is -2.28. The lowest BCUT2D eigenvalue weighted by atomic mass is 10.00. The normalized spacial score (nSPS) is 13.7. The molecular weight excluding hydrogens is 298 g/mol. The Morgan fingerprint density at radius 2 is 1.86 bits per heavy atom. The minimum absolute atomic E-state index is 0.0732. The van der Waals surface area contributed by atoms with Gasteiger partial charge < -0.3 is 16.4 Å². The zero-order valence-corrected chi connectivity index (χ0v) is 12.8. The number of fused-ring (bicyclic) bond motifs is 1. The average molecular weight is 315 g/mol. The van der Waals surface area contributed by atoms with Crippen molar-refractivity contribution >= 4 is 29.3 Å². The molecule has 1 aromatic heterocycles. The van der Waals surface area contributed by atoms with Crippen LogP contribution in [0.15, 0.2) is 35.5 Å². The van der Waals surface area contributed by atoms with Crippen molar-refractivity contribution in [3.8, 4) is 0 Å². The van der Waals surface area contributed by atoms with E-state index in [9.17, 15) is 4.79 Å². The summed E-state index contributed by atoms with van der Waals surface area (Å²) >= 11 is 1.26. The molecule has 0 spiro atoms. The minimum atomic E-state index is 0.0732. The zero-order chi connectivity index (χ0) is 15.5. The first-order valence-electron chi connectivity index (χ1n) is 6.99. The Morgan fingerprint density at radius 3 is 2.59 bits per heavy atom. The summed E-state index contributed by atoms with van der Waals surface area (Å²) in [5.74, 6) is 0.984. The van der Waals surface area contributed by atoms with E-state index in [4.69, 9.17) is 11.5 Å². The Labute approximate surface area is 132 Å². The molecule has 4 N–H and O–H groups in total. The first kappa shape index (κ1) is 14.6. The number of aromatic nitrogens is 2. The quantitative estimate of drug-likeness (QED) is 0.655. The Morgan fingerprint density at radius 1 is 1.18 bits per heavy atom. The second kappa shape index (κ2) is 6.23. The highest BCUT2D eigenvalue weighted by atomic mass is 32.2. The predicted octanol–water partition coefficient (Wildman–Crippen LogP) is 1.32. The molecule has 6 nitrogen and oxygen atoms in total. The van der Waals surface area contributed by atoms with Crippen molar-refractivity contribution in [2.24, 2.45) is 0 Å². The fourth-order valence-corrected chi connectivity index (χ4v) is 3.23. The lowest BCUT2D eigenvalue weighted by molar-refractivity contribution is -0.129. The van der Waals surface area contributed by atoms with E-state index in [0.29, 0.717) is 23.3 Å². The topological polar surface area (TPSA) is 98.1 Å². The highest BCUT2D eigenvalue weighted by Gasteiger charge is 2.20. The molecule has 114 valence electrons. The van der Waals surface area contributed by atoms with E-state index in [0.717, 1.165) is 13.0 Å². The Hall–Kier alpha value is -2.28. The molecule has 0 saturated heterocycles. The maximum absolute atomic E-state index is 12.3. The summed E-state index contributed by atoms with van der Waals surface area (Å²) in [5.41, 5.74) is 13.8. The van der Waals surface area contributed by atoms with Crippen molar-refractivity contribution in [3.05, 3.63) is 41.5 Å². The molecule has 3 rings (SSSR count). The van der Waals surface area contributed by atoms with Crippen LogP contribution in [0.2, 0.25) is 0 Å². The second-order valence-corrected chi connectivity index (χ2v) is 6.07. The molecule has 2 aromatic rings. The Balaban J connectivity index is 1.61. The summed E-state index contributed by atoms with van der Waals surface area (Å²) in [6, 6.07) is 9.73. The molecule has 0 atom stereocenters. The van der Waals surface area contributed by atoms with E-state index in [2.05, 4.69) is 22.1 Å². The van der Waals surface area contributed by atoms with E-state index >= 15 is 0 Å². The van der Waals surface area contributed by atoms with Crippen LogP contribution >= 0.6 is 11.8 Å². The molecule has 0 bridgehead atoms. The van der Waals surface area contributed by atoms with Gasteiger partial charge in [-0.15, -0.1) is 0 Å². The largest absolute Gasteiger partial charge is 0.383 e. The minimum Gasteiger partial charge on any atom is -0.383 e. The number of amides is 1. The van der Waals surface area contributed by atoms with Crippen LogP contribution in [0.3, 0.4) is 0 Å². The van der Waals surface area contributed by atoms with Gasteiger partial charge in [0.25, 0.3) is 0 Å². The van der Waals surface area contributed by atoms with E-state index in [1.165, 1.54) is 29.0 Å². The third kappa shape index (κ3) is 3.30. The standard InChI is InChI=1S/C15H17N5OS/c16-12-7-13(17)19-15(18-12)22-9-14(21)20-6-5-10-3-1-2-4-11(10)8-20/h1-4,7H,5-6,8-9H2,(H4,16,17,18,19). The van der Waals surface area contributed by atoms with Crippen LogP contribution in [-0.4, -0.2) is 33.1 Å². The van der Waals surface area contributed by atoms with E-state index in [1.807, 2.05) is 17.0 Å². The van der Waals surface area contributed by atoms with Crippen molar-refractivity contribution in [2.45, 2.75) is 18.1 Å². The highest BCUT2D eigenvalue weighted by Crippen LogP contribution is 2.21. The number of rotatable bonds is 3. The maximum Gasteiger partial charge on any atom is 0.233 e. The summed E-state index contributed by atoms with van der Waals surface area (Å²) < 4.78 is 0. The van der Waals surface area contributed by atoms with Crippen molar-refractivity contribution < 1.29 is 4.79 Å². The summed E-state index contributed by atoms with van der Waals surface area (Å²) in [6.07, 6.45) is 0.897. The van der Waals surface area contributed by atoms with Gasteiger partial charge in [0, 0.05) is 19.2 Å². The van der Waals surface area contributed by atoms with Crippen LogP contribution in [0.5, 0.6) is 0 Å². The SMILES string of the molecule is Nc1cc(N)nc(SCC(=O)N2CCc3ccccc3C2)n1. The number of hydrogen-bond acceptors (Lipinski definition) is 6. The molecule has 0 unspecified atom stereocenters. The fraction of sp³-hybridized carbons (Fsp3) is 0.267. The van der Waals surface area contributed by atoms with Crippen molar-refractivity contribution in [3.63, 3.8) is 0 Å². The Bertz CT molecular complexity index is 686. The fourth-order valence-electron chi connectivity index (χ4n) is 2.45. The first-order chi connectivity index (χ1) is 10.6. The summed E-state index contributed by atoms with van der Waals surface area (Å²) in [6.45, 7) is 1.41. The van der Waals surface area contributed by atoms with Crippen LogP contribution in [-0.2, 0) is 17.8 Å². The molecule has 1 aromatic carbocycles. The van der Waals surface area contributed by atoms with Gasteiger partial charge in [-0.1, -0.05) is 36.0 Å². The number of thioether (sulfide) groups is 1. The molecule has 0 radical (unpaired) electrons. The van der Waals surface area contributed by atoms with E-state index < -0.39 is 0 Å². The van der Waals surface area contributed by atoms with Gasteiger partial charge >= 0.3 is 0 Å². The predicted molar refractivity (Wildman–Crippen MR) is 87.1 cm³/mol. The summed E-state index contributed by atoms with van der Waals surface area (Å²) in [4.78, 5) is 22.3. The molecule has 7 heteroatoms. The zero-order valence-electron chi connectivity index (χ0n) is 12.0. The number of nitrogens with zero attached hydrogens (tertiary/aromatic N) is 3. The number of anilines is 2. The van der Waals surface area contributed by atoms with Crippen molar-refractivity contribution in [1.82, 2.24) is 14.9 Å². The maximum atomic E-state index is 12.3. The number of carbonyl (C=O) groups is 1. The smallest absolute Gasteiger partial charge is 0.233 e. The van der Waals surface area contributed by atoms with Crippen molar-refractivity contribution in [2.75, 3.05) is 23.8 Å². The van der Waals surface area contributed by atoms with Gasteiger partial charge in [-0.25, -0.2) is 9.97 Å². The number of nitrogen functional groups attached to an aromatic ring is 2. The highest BCUT2D eigenvalue weighted by molar-refractivity contribution is 7.99. The van der Waals surface area contributed by atoms with Gasteiger partial charge in [-0.3, -0.25) is 4.79 Å². The van der Waals surface area contributed by atoms with E-state index in [-0.39, 0.29) is 11.7 Å². The first-order valence-corrected chi connectivity index (χ1v) is 7.98. The van der Waals surface area contributed by atoms with E-state index in [1.54, 1.807) is 0 Å². The van der Waals surface area contributed by atoms with Gasteiger partial charge in [-0.2, -0.15) is 0 Å². The molecule has 22 heavy (non-hydrogen) atoms. The number of carbonyl (C=O) groups excluding carboxylic acids is 1. The Kier molecular flexibility index (Phi) is 4.15. The van der Waals surface area contributed by atoms with Gasteiger partial charge in [0.1, 0.15) is 11.6 Å². The van der Waals surface area contributed by atoms with Crippen LogP contribution in [0.4, 0.5) is 11.6 Å². The number of nitrogens with two attached hydrogens (primary N) is 2. The molecule has 2 heterocycles. The lowest BCUT2D eigenvalue weighted by Crippen LogP contribution is -2.37. The van der Waals surface area contributed by atoms with Crippen molar-refractivity contribution in [1.29, 1.82) is 0 Å². The molecule has 0 fully saturated rings. The third-order valence-corrected chi connectivity index (χ3v) is 4.39. The molecule has 1 aliphatic heterocycles. The summed E-state index contributed by atoms with van der Waals surface area (Å²) in [7, 11) is 0. The van der Waals surface area contributed by atoms with Crippen LogP contribution in [0, 0.1) is 0 Å². The van der Waals surface area contributed by atoms with Gasteiger partial charge in [-0.05, 0) is 17.5 Å². The summed E-state index contributed by atoms with van der Waals surface area (Å²) in [5, 5.41) is 0.434. The van der Waals surface area contributed by atoms with Crippen LogP contribution in [0.1, 0.15) is 11.1 Å². The van der Waals surface area contributed by atoms with Gasteiger partial charge in [0.15, 0.2) is 5.16 Å². The second-order valence-electron chi connectivity index (χ2n) is 5.12. The third-order valence-electron chi connectivity index (χ3n) is 3.55. The molecule has 0 aliphatic carbocycles.